The quantitative estimate of drug-likeness (QED) is 0.587. The zero-order chi connectivity index (χ0) is 18.7. The van der Waals surface area contributed by atoms with E-state index >= 15 is 0 Å². The van der Waals surface area contributed by atoms with Crippen LogP contribution in [0, 0.1) is 0 Å². The van der Waals surface area contributed by atoms with E-state index in [1.807, 2.05) is 12.3 Å². The van der Waals surface area contributed by atoms with Crippen molar-refractivity contribution in [2.45, 2.75) is 51.9 Å². The van der Waals surface area contributed by atoms with Crippen molar-refractivity contribution in [1.82, 2.24) is 9.97 Å². The summed E-state index contributed by atoms with van der Waals surface area (Å²) in [7, 11) is 3.33. The number of rotatable bonds is 8. The summed E-state index contributed by atoms with van der Waals surface area (Å²) in [6, 6.07) is 6.31. The number of nitrogens with zero attached hydrogens (tertiary/aromatic N) is 1. The summed E-state index contributed by atoms with van der Waals surface area (Å²) in [5, 5.41) is 2.29. The minimum absolute atomic E-state index is 0.220. The van der Waals surface area contributed by atoms with E-state index in [1.54, 1.807) is 20.4 Å². The number of aromatic nitrogens is 2. The van der Waals surface area contributed by atoms with Crippen molar-refractivity contribution in [3.05, 3.63) is 36.2 Å². The Hall–Kier alpha value is -2.11. The van der Waals surface area contributed by atoms with E-state index in [4.69, 9.17) is 14.2 Å². The van der Waals surface area contributed by atoms with Crippen LogP contribution < -0.4 is 4.74 Å². The second-order valence-corrected chi connectivity index (χ2v) is 7.21. The van der Waals surface area contributed by atoms with E-state index in [1.165, 1.54) is 0 Å². The minimum atomic E-state index is -0.224. The predicted octanol–water partition coefficient (Wildman–Crippen LogP) is 4.84. The SMILES string of the molecule is CCC(C)(C)Oc1cc2[nH]c3ccncc3c2cc1CCC(OC)OC. The third-order valence-corrected chi connectivity index (χ3v) is 4.99. The molecule has 0 saturated heterocycles. The highest BCUT2D eigenvalue weighted by Crippen LogP contribution is 2.34. The second kappa shape index (κ2) is 7.64. The highest BCUT2D eigenvalue weighted by Gasteiger charge is 2.20. The lowest BCUT2D eigenvalue weighted by Gasteiger charge is -2.27. The van der Waals surface area contributed by atoms with Gasteiger partial charge in [-0.1, -0.05) is 6.92 Å². The third kappa shape index (κ3) is 3.84. The first-order chi connectivity index (χ1) is 12.5. The number of methoxy groups -OCH3 is 2. The molecule has 1 N–H and O–H groups in total. The van der Waals surface area contributed by atoms with Gasteiger partial charge >= 0.3 is 0 Å². The van der Waals surface area contributed by atoms with Gasteiger partial charge in [0.25, 0.3) is 0 Å². The molecule has 1 aromatic carbocycles. The molecule has 0 amide bonds. The Bertz CT molecular complexity index is 881. The molecule has 3 rings (SSSR count). The molecule has 26 heavy (non-hydrogen) atoms. The maximum atomic E-state index is 6.37. The van der Waals surface area contributed by atoms with Gasteiger partial charge < -0.3 is 19.2 Å². The van der Waals surface area contributed by atoms with Crippen LogP contribution in [0.25, 0.3) is 21.8 Å². The number of H-pyrrole nitrogens is 1. The van der Waals surface area contributed by atoms with E-state index < -0.39 is 0 Å². The molecule has 0 unspecified atom stereocenters. The van der Waals surface area contributed by atoms with Gasteiger partial charge in [0.2, 0.25) is 0 Å². The summed E-state index contributed by atoms with van der Waals surface area (Å²) in [6.07, 6.45) is 5.99. The standard InChI is InChI=1S/C21H28N2O3/c1-6-21(2,3)26-19-12-18-15(16-13-22-10-9-17(16)23-18)11-14(19)7-8-20(24-4)25-5/h9-13,20,23H,6-8H2,1-5H3. The van der Waals surface area contributed by atoms with Gasteiger partial charge in [-0.05, 0) is 44.4 Å². The maximum Gasteiger partial charge on any atom is 0.157 e. The summed E-state index contributed by atoms with van der Waals surface area (Å²) >= 11 is 0. The van der Waals surface area contributed by atoms with Crippen LogP contribution in [0.3, 0.4) is 0 Å². The first kappa shape index (κ1) is 18.7. The summed E-state index contributed by atoms with van der Waals surface area (Å²) in [4.78, 5) is 7.74. The van der Waals surface area contributed by atoms with Crippen molar-refractivity contribution < 1.29 is 14.2 Å². The second-order valence-electron chi connectivity index (χ2n) is 7.21. The van der Waals surface area contributed by atoms with E-state index in [0.29, 0.717) is 0 Å². The van der Waals surface area contributed by atoms with Crippen LogP contribution in [-0.4, -0.2) is 36.1 Å². The van der Waals surface area contributed by atoms with Gasteiger partial charge in [-0.3, -0.25) is 4.98 Å². The number of hydrogen-bond donors (Lipinski definition) is 1. The first-order valence-corrected chi connectivity index (χ1v) is 9.10. The Morgan fingerprint density at radius 3 is 2.58 bits per heavy atom. The summed E-state index contributed by atoms with van der Waals surface area (Å²) in [6.45, 7) is 6.37. The molecule has 0 atom stereocenters. The molecule has 140 valence electrons. The molecule has 0 aliphatic rings. The molecular formula is C21H28N2O3. The van der Waals surface area contributed by atoms with Crippen LogP contribution >= 0.6 is 0 Å². The molecule has 0 fully saturated rings. The number of aromatic amines is 1. The number of benzene rings is 1. The van der Waals surface area contributed by atoms with Gasteiger partial charge in [-0.15, -0.1) is 0 Å². The van der Waals surface area contributed by atoms with Crippen molar-refractivity contribution in [3.63, 3.8) is 0 Å². The third-order valence-electron chi connectivity index (χ3n) is 4.99. The fraction of sp³-hybridized carbons (Fsp3) is 0.476. The number of nitrogens with one attached hydrogen (secondary N) is 1. The molecule has 2 aromatic heterocycles. The van der Waals surface area contributed by atoms with Crippen LogP contribution in [0.1, 0.15) is 39.2 Å². The van der Waals surface area contributed by atoms with Crippen LogP contribution in [0.5, 0.6) is 5.75 Å². The lowest BCUT2D eigenvalue weighted by Crippen LogP contribution is -2.27. The van der Waals surface area contributed by atoms with E-state index in [-0.39, 0.29) is 11.9 Å². The molecule has 0 saturated carbocycles. The van der Waals surface area contributed by atoms with Gasteiger partial charge in [0, 0.05) is 55.4 Å². The monoisotopic (exact) mass is 356 g/mol. The van der Waals surface area contributed by atoms with E-state index in [2.05, 4.69) is 42.9 Å². The van der Waals surface area contributed by atoms with Crippen molar-refractivity contribution >= 4 is 21.8 Å². The Balaban J connectivity index is 2.05. The highest BCUT2D eigenvalue weighted by atomic mass is 16.7. The molecule has 0 spiro atoms. The Morgan fingerprint density at radius 2 is 1.88 bits per heavy atom. The molecule has 0 aliphatic heterocycles. The molecule has 0 radical (unpaired) electrons. The van der Waals surface area contributed by atoms with Gasteiger partial charge in [0.1, 0.15) is 11.4 Å². The van der Waals surface area contributed by atoms with Crippen molar-refractivity contribution in [2.24, 2.45) is 0 Å². The first-order valence-electron chi connectivity index (χ1n) is 9.10. The zero-order valence-electron chi connectivity index (χ0n) is 16.3. The van der Waals surface area contributed by atoms with Crippen LogP contribution in [0.4, 0.5) is 0 Å². The summed E-state index contributed by atoms with van der Waals surface area (Å²) in [5.74, 6) is 0.912. The Morgan fingerprint density at radius 1 is 1.12 bits per heavy atom. The lowest BCUT2D eigenvalue weighted by atomic mass is 10.0. The van der Waals surface area contributed by atoms with Gasteiger partial charge in [-0.25, -0.2) is 0 Å². The number of ether oxygens (including phenoxy) is 3. The minimum Gasteiger partial charge on any atom is -0.488 e. The smallest absolute Gasteiger partial charge is 0.157 e. The molecule has 5 nitrogen and oxygen atoms in total. The van der Waals surface area contributed by atoms with Crippen molar-refractivity contribution in [2.75, 3.05) is 14.2 Å². The van der Waals surface area contributed by atoms with Crippen LogP contribution in [0.2, 0.25) is 0 Å². The average Bonchev–Trinajstić information content (AvgIpc) is 2.99. The number of hydrogen-bond acceptors (Lipinski definition) is 4. The number of aryl methyl sites for hydroxylation is 1. The predicted molar refractivity (Wildman–Crippen MR) is 105 cm³/mol. The number of pyridine rings is 1. The van der Waals surface area contributed by atoms with Crippen LogP contribution in [0.15, 0.2) is 30.6 Å². The van der Waals surface area contributed by atoms with Gasteiger partial charge in [-0.2, -0.15) is 0 Å². The van der Waals surface area contributed by atoms with Gasteiger partial charge in [0.05, 0.1) is 5.52 Å². The molecular weight excluding hydrogens is 328 g/mol. The fourth-order valence-corrected chi connectivity index (χ4v) is 3.08. The van der Waals surface area contributed by atoms with Crippen molar-refractivity contribution in [1.29, 1.82) is 0 Å². The molecule has 3 aromatic rings. The largest absolute Gasteiger partial charge is 0.488 e. The molecule has 5 heteroatoms. The maximum absolute atomic E-state index is 6.37. The Labute approximate surface area is 154 Å². The van der Waals surface area contributed by atoms with Crippen LogP contribution in [-0.2, 0) is 15.9 Å². The highest BCUT2D eigenvalue weighted by molar-refractivity contribution is 6.07. The van der Waals surface area contributed by atoms with Gasteiger partial charge in [0.15, 0.2) is 6.29 Å². The van der Waals surface area contributed by atoms with E-state index in [0.717, 1.165) is 52.4 Å². The summed E-state index contributed by atoms with van der Waals surface area (Å²) in [5.41, 5.74) is 3.08. The average molecular weight is 356 g/mol. The number of fused-ring (bicyclic) bond motifs is 3. The topological polar surface area (TPSA) is 56.4 Å². The normalized spacial score (nSPS) is 12.4. The summed E-state index contributed by atoms with van der Waals surface area (Å²) < 4.78 is 17.1. The fourth-order valence-electron chi connectivity index (χ4n) is 3.08. The zero-order valence-corrected chi connectivity index (χ0v) is 16.3. The Kier molecular flexibility index (Phi) is 5.49. The molecule has 2 heterocycles. The molecule has 0 bridgehead atoms. The lowest BCUT2D eigenvalue weighted by molar-refractivity contribution is -0.105. The molecule has 0 aliphatic carbocycles. The van der Waals surface area contributed by atoms with E-state index in [9.17, 15) is 0 Å². The van der Waals surface area contributed by atoms with Crippen molar-refractivity contribution in [3.8, 4) is 5.75 Å².